The Morgan fingerprint density at radius 1 is 0.300 bits per heavy atom. The first-order valence-corrected chi connectivity index (χ1v) is 21.0. The highest BCUT2D eigenvalue weighted by Gasteiger charge is 2.36. The molecule has 0 atom stereocenters. The van der Waals surface area contributed by atoms with Gasteiger partial charge in [0.15, 0.2) is 0 Å². The van der Waals surface area contributed by atoms with E-state index in [2.05, 4.69) is 231 Å². The number of rotatable bonds is 5. The van der Waals surface area contributed by atoms with Crippen LogP contribution in [-0.2, 0) is 5.41 Å². The van der Waals surface area contributed by atoms with E-state index in [1.54, 1.807) is 0 Å². The van der Waals surface area contributed by atoms with Crippen molar-refractivity contribution in [2.24, 2.45) is 0 Å². The van der Waals surface area contributed by atoms with E-state index in [1.807, 2.05) is 0 Å². The molecular formula is C59H41N. The zero-order valence-corrected chi connectivity index (χ0v) is 33.7. The van der Waals surface area contributed by atoms with Gasteiger partial charge in [-0.25, -0.2) is 0 Å². The minimum absolute atomic E-state index is 0.205. The van der Waals surface area contributed by atoms with Crippen LogP contribution in [0.25, 0.3) is 87.2 Å². The van der Waals surface area contributed by atoms with Gasteiger partial charge in [0.25, 0.3) is 0 Å². The van der Waals surface area contributed by atoms with E-state index in [1.165, 1.54) is 98.4 Å². The second-order valence-corrected chi connectivity index (χ2v) is 16.9. The van der Waals surface area contributed by atoms with Crippen LogP contribution in [0.15, 0.2) is 212 Å². The fourth-order valence-corrected chi connectivity index (χ4v) is 10.3. The van der Waals surface area contributed by atoms with Gasteiger partial charge in [-0.05, 0) is 141 Å². The summed E-state index contributed by atoms with van der Waals surface area (Å²) < 4.78 is 0. The van der Waals surface area contributed by atoms with Gasteiger partial charge in [-0.3, -0.25) is 0 Å². The Hall–Kier alpha value is -7.48. The molecule has 11 aromatic rings. The lowest BCUT2D eigenvalue weighted by Gasteiger charge is -2.28. The number of anilines is 3. The average molecular weight is 764 g/mol. The molecule has 1 aliphatic carbocycles. The molecule has 1 nitrogen and oxygen atoms in total. The van der Waals surface area contributed by atoms with Gasteiger partial charge in [-0.1, -0.05) is 184 Å². The van der Waals surface area contributed by atoms with Gasteiger partial charge in [0.2, 0.25) is 0 Å². The maximum atomic E-state index is 2.47. The van der Waals surface area contributed by atoms with Gasteiger partial charge in [0.05, 0.1) is 0 Å². The van der Waals surface area contributed by atoms with Gasteiger partial charge in [-0.15, -0.1) is 0 Å². The maximum absolute atomic E-state index is 2.47. The van der Waals surface area contributed by atoms with Crippen molar-refractivity contribution in [3.63, 3.8) is 0 Å². The summed E-state index contributed by atoms with van der Waals surface area (Å²) in [4.78, 5) is 2.39. The largest absolute Gasteiger partial charge is 0.310 e. The van der Waals surface area contributed by atoms with Gasteiger partial charge in [0.1, 0.15) is 0 Å². The molecule has 0 heterocycles. The fraction of sp³-hybridized carbons (Fsp3) is 0.0508. The molecule has 0 radical (unpaired) electrons. The SMILES string of the molecule is CC1(C)c2cc(-c3cccc4c3ccc3ccc5ccc6ccccc6c5c34)ccc2-c2ccc(N(c3ccccc3)c3ccc(-c4cccc5ccccc45)cc3)cc21. The second-order valence-electron chi connectivity index (χ2n) is 16.9. The summed E-state index contributed by atoms with van der Waals surface area (Å²) in [6.45, 7) is 4.79. The third kappa shape index (κ3) is 5.26. The zero-order chi connectivity index (χ0) is 40.0. The van der Waals surface area contributed by atoms with E-state index >= 15 is 0 Å². The standard InChI is InChI=1S/C59H41N/c1-59(2)55-36-43(49-20-11-21-54-51(49)33-28-42-25-24-41-23-22-39-13-7-9-18-50(39)57(41)58(42)54)29-34-52(55)53-35-32-46(37-56(53)59)60(44-15-4-3-5-16-44)45-30-26-40(27-31-45)48-19-10-14-38-12-6-8-17-47(38)48/h3-37H,1-2H3. The molecule has 60 heavy (non-hydrogen) atoms. The number of hydrogen-bond donors (Lipinski definition) is 0. The third-order valence-electron chi connectivity index (χ3n) is 13.2. The van der Waals surface area contributed by atoms with Crippen molar-refractivity contribution >= 4 is 70.9 Å². The number of benzene rings is 11. The lowest BCUT2D eigenvalue weighted by atomic mass is 9.81. The van der Waals surface area contributed by atoms with Crippen molar-refractivity contribution in [1.82, 2.24) is 0 Å². The Morgan fingerprint density at radius 2 is 0.800 bits per heavy atom. The topological polar surface area (TPSA) is 3.24 Å². The van der Waals surface area contributed by atoms with Crippen molar-refractivity contribution in [1.29, 1.82) is 0 Å². The fourth-order valence-electron chi connectivity index (χ4n) is 10.3. The predicted molar refractivity (Wildman–Crippen MR) is 257 cm³/mol. The van der Waals surface area contributed by atoms with Crippen molar-refractivity contribution in [3.8, 4) is 33.4 Å². The molecule has 0 amide bonds. The van der Waals surface area contributed by atoms with Gasteiger partial charge < -0.3 is 4.90 Å². The Balaban J connectivity index is 0.953. The van der Waals surface area contributed by atoms with Crippen LogP contribution in [0.5, 0.6) is 0 Å². The molecule has 1 aliphatic rings. The summed E-state index contributed by atoms with van der Waals surface area (Å²) >= 11 is 0. The summed E-state index contributed by atoms with van der Waals surface area (Å²) in [6, 6.07) is 78.6. The molecule has 0 aromatic heterocycles. The number of para-hydroxylation sites is 1. The van der Waals surface area contributed by atoms with E-state index in [0.717, 1.165) is 17.1 Å². The smallest absolute Gasteiger partial charge is 0.0465 e. The summed E-state index contributed by atoms with van der Waals surface area (Å²) in [5, 5.41) is 12.9. The van der Waals surface area contributed by atoms with Crippen LogP contribution in [0.4, 0.5) is 17.1 Å². The first-order chi connectivity index (χ1) is 29.5. The monoisotopic (exact) mass is 763 g/mol. The highest BCUT2D eigenvalue weighted by atomic mass is 15.1. The molecule has 0 unspecified atom stereocenters. The third-order valence-corrected chi connectivity index (χ3v) is 13.2. The Bertz CT molecular complexity index is 3490. The molecule has 11 aromatic carbocycles. The number of fused-ring (bicyclic) bond motifs is 11. The molecule has 0 saturated carbocycles. The van der Waals surface area contributed by atoms with Crippen LogP contribution < -0.4 is 4.90 Å². The first-order valence-electron chi connectivity index (χ1n) is 21.0. The van der Waals surface area contributed by atoms with Crippen molar-refractivity contribution in [2.45, 2.75) is 19.3 Å². The number of hydrogen-bond acceptors (Lipinski definition) is 1. The predicted octanol–water partition coefficient (Wildman–Crippen LogP) is 16.6. The molecule has 12 rings (SSSR count). The summed E-state index contributed by atoms with van der Waals surface area (Å²) in [6.07, 6.45) is 0. The van der Waals surface area contributed by atoms with E-state index in [-0.39, 0.29) is 5.41 Å². The van der Waals surface area contributed by atoms with Crippen molar-refractivity contribution < 1.29 is 0 Å². The first kappa shape index (κ1) is 34.6. The Morgan fingerprint density at radius 3 is 1.57 bits per heavy atom. The molecule has 1 heteroatoms. The molecule has 0 bridgehead atoms. The zero-order valence-electron chi connectivity index (χ0n) is 33.7. The van der Waals surface area contributed by atoms with E-state index in [0.29, 0.717) is 0 Å². The van der Waals surface area contributed by atoms with Crippen LogP contribution in [0.3, 0.4) is 0 Å². The van der Waals surface area contributed by atoms with E-state index in [4.69, 9.17) is 0 Å². The van der Waals surface area contributed by atoms with Crippen LogP contribution in [0.1, 0.15) is 25.0 Å². The lowest BCUT2D eigenvalue weighted by Crippen LogP contribution is -2.16. The summed E-state index contributed by atoms with van der Waals surface area (Å²) in [7, 11) is 0. The average Bonchev–Trinajstić information content (AvgIpc) is 3.53. The van der Waals surface area contributed by atoms with Crippen LogP contribution in [0.2, 0.25) is 0 Å². The molecule has 0 saturated heterocycles. The van der Waals surface area contributed by atoms with Gasteiger partial charge in [0, 0.05) is 22.5 Å². The minimum atomic E-state index is -0.205. The number of nitrogens with zero attached hydrogens (tertiary/aromatic N) is 1. The Kier molecular flexibility index (Phi) is 7.65. The minimum Gasteiger partial charge on any atom is -0.310 e. The normalized spacial score (nSPS) is 13.0. The van der Waals surface area contributed by atoms with E-state index in [9.17, 15) is 0 Å². The molecule has 0 aliphatic heterocycles. The quantitative estimate of drug-likeness (QED) is 0.158. The molecule has 0 fully saturated rings. The maximum Gasteiger partial charge on any atom is 0.0465 e. The highest BCUT2D eigenvalue weighted by Crippen LogP contribution is 2.52. The lowest BCUT2D eigenvalue weighted by molar-refractivity contribution is 0.660. The van der Waals surface area contributed by atoms with E-state index < -0.39 is 0 Å². The van der Waals surface area contributed by atoms with Crippen LogP contribution >= 0.6 is 0 Å². The van der Waals surface area contributed by atoms with Gasteiger partial charge >= 0.3 is 0 Å². The van der Waals surface area contributed by atoms with Crippen molar-refractivity contribution in [2.75, 3.05) is 4.90 Å². The Labute approximate surface area is 350 Å². The highest BCUT2D eigenvalue weighted by molar-refractivity contribution is 6.28. The van der Waals surface area contributed by atoms with Crippen LogP contribution in [0, 0.1) is 0 Å². The second kappa shape index (κ2) is 13.3. The molecule has 0 spiro atoms. The van der Waals surface area contributed by atoms with Crippen molar-refractivity contribution in [3.05, 3.63) is 223 Å². The summed E-state index contributed by atoms with van der Waals surface area (Å²) in [5.41, 5.74) is 13.5. The van der Waals surface area contributed by atoms with Crippen LogP contribution in [-0.4, -0.2) is 0 Å². The molecular weight excluding hydrogens is 723 g/mol. The molecule has 282 valence electrons. The molecule has 0 N–H and O–H groups in total. The summed E-state index contributed by atoms with van der Waals surface area (Å²) in [5.74, 6) is 0. The van der Waals surface area contributed by atoms with Gasteiger partial charge in [-0.2, -0.15) is 0 Å².